The highest BCUT2D eigenvalue weighted by atomic mass is 19.4. The van der Waals surface area contributed by atoms with Gasteiger partial charge in [0.15, 0.2) is 0 Å². The molecule has 0 radical (unpaired) electrons. The van der Waals surface area contributed by atoms with Gasteiger partial charge < -0.3 is 10.2 Å². The zero-order valence-corrected chi connectivity index (χ0v) is 11.7. The van der Waals surface area contributed by atoms with Crippen molar-refractivity contribution in [3.63, 3.8) is 0 Å². The Labute approximate surface area is 118 Å². The maximum atomic E-state index is 12.7. The molecular weight excluding hydrogens is 265 g/mol. The minimum Gasteiger partial charge on any atom is -0.371 e. The van der Waals surface area contributed by atoms with Gasteiger partial charge in [-0.05, 0) is 50.0 Å². The third-order valence-electron chi connectivity index (χ3n) is 3.68. The zero-order valence-electron chi connectivity index (χ0n) is 11.7. The van der Waals surface area contributed by atoms with Crippen molar-refractivity contribution in [2.45, 2.75) is 25.9 Å². The van der Waals surface area contributed by atoms with Crippen LogP contribution in [0.15, 0.2) is 24.3 Å². The zero-order chi connectivity index (χ0) is 14.6. The number of hydrogen-bond acceptors (Lipinski definition) is 2. The van der Waals surface area contributed by atoms with E-state index >= 15 is 0 Å². The van der Waals surface area contributed by atoms with Gasteiger partial charge in [0, 0.05) is 18.8 Å². The summed E-state index contributed by atoms with van der Waals surface area (Å²) in [5.41, 5.74) is 0.111. The molecule has 0 saturated carbocycles. The van der Waals surface area contributed by atoms with Crippen LogP contribution in [0, 0.1) is 5.92 Å². The van der Waals surface area contributed by atoms with Gasteiger partial charge in [0.05, 0.1) is 5.56 Å². The van der Waals surface area contributed by atoms with Crippen LogP contribution in [0.25, 0.3) is 0 Å². The Morgan fingerprint density at radius 3 is 2.85 bits per heavy atom. The lowest BCUT2D eigenvalue weighted by molar-refractivity contribution is -0.137. The average Bonchev–Trinajstić information content (AvgIpc) is 2.87. The SMILES string of the molecule is CCCNCC1CCN(c2cccc(C(F)(F)F)c2)C1. The van der Waals surface area contributed by atoms with Gasteiger partial charge in [-0.15, -0.1) is 0 Å². The number of nitrogens with one attached hydrogen (secondary N) is 1. The molecule has 1 heterocycles. The number of halogens is 3. The van der Waals surface area contributed by atoms with E-state index in [1.54, 1.807) is 6.07 Å². The van der Waals surface area contributed by atoms with E-state index in [2.05, 4.69) is 12.2 Å². The predicted molar refractivity (Wildman–Crippen MR) is 74.9 cm³/mol. The summed E-state index contributed by atoms with van der Waals surface area (Å²) in [6, 6.07) is 5.62. The maximum absolute atomic E-state index is 12.7. The molecule has 1 unspecified atom stereocenters. The summed E-state index contributed by atoms with van der Waals surface area (Å²) in [6.45, 7) is 5.73. The Hall–Kier alpha value is -1.23. The van der Waals surface area contributed by atoms with E-state index in [0.29, 0.717) is 11.6 Å². The molecule has 0 aromatic heterocycles. The van der Waals surface area contributed by atoms with Gasteiger partial charge in [-0.3, -0.25) is 0 Å². The first-order valence-electron chi connectivity index (χ1n) is 7.13. The molecule has 1 N–H and O–H groups in total. The van der Waals surface area contributed by atoms with Crippen molar-refractivity contribution < 1.29 is 13.2 Å². The molecule has 5 heteroatoms. The van der Waals surface area contributed by atoms with Crippen LogP contribution in [0.4, 0.5) is 18.9 Å². The van der Waals surface area contributed by atoms with Crippen molar-refractivity contribution >= 4 is 5.69 Å². The first-order chi connectivity index (χ1) is 9.50. The normalized spacial score (nSPS) is 19.6. The van der Waals surface area contributed by atoms with E-state index in [-0.39, 0.29) is 0 Å². The first kappa shape index (κ1) is 15.2. The minimum absolute atomic E-state index is 0.524. The lowest BCUT2D eigenvalue weighted by Crippen LogP contribution is -2.27. The third-order valence-corrected chi connectivity index (χ3v) is 3.68. The molecule has 0 bridgehead atoms. The van der Waals surface area contributed by atoms with Gasteiger partial charge in [0.2, 0.25) is 0 Å². The fourth-order valence-electron chi connectivity index (χ4n) is 2.60. The highest BCUT2D eigenvalue weighted by Gasteiger charge is 2.31. The number of anilines is 1. The number of alkyl halides is 3. The second kappa shape index (κ2) is 6.48. The Balaban J connectivity index is 1.96. The van der Waals surface area contributed by atoms with E-state index in [9.17, 15) is 13.2 Å². The summed E-state index contributed by atoms with van der Waals surface area (Å²) in [6.07, 6.45) is -2.13. The molecule has 2 nitrogen and oxygen atoms in total. The largest absolute Gasteiger partial charge is 0.416 e. The molecule has 0 aliphatic carbocycles. The number of rotatable bonds is 5. The lowest BCUT2D eigenvalue weighted by Gasteiger charge is -2.20. The molecule has 1 aliphatic rings. The Bertz CT molecular complexity index is 431. The summed E-state index contributed by atoms with van der Waals surface area (Å²) in [4.78, 5) is 2.05. The third kappa shape index (κ3) is 3.88. The van der Waals surface area contributed by atoms with Crippen LogP contribution in [-0.4, -0.2) is 26.2 Å². The Morgan fingerprint density at radius 2 is 2.15 bits per heavy atom. The van der Waals surface area contributed by atoms with E-state index in [0.717, 1.165) is 45.1 Å². The van der Waals surface area contributed by atoms with Crippen LogP contribution in [-0.2, 0) is 6.18 Å². The van der Waals surface area contributed by atoms with Crippen LogP contribution in [0.2, 0.25) is 0 Å². The molecule has 1 aliphatic heterocycles. The molecule has 1 aromatic carbocycles. The quantitative estimate of drug-likeness (QED) is 0.833. The molecule has 0 spiro atoms. The van der Waals surface area contributed by atoms with Crippen molar-refractivity contribution in [3.8, 4) is 0 Å². The summed E-state index contributed by atoms with van der Waals surface area (Å²) >= 11 is 0. The van der Waals surface area contributed by atoms with E-state index in [1.165, 1.54) is 12.1 Å². The molecule has 0 amide bonds. The van der Waals surface area contributed by atoms with Crippen molar-refractivity contribution in [3.05, 3.63) is 29.8 Å². The summed E-state index contributed by atoms with van der Waals surface area (Å²) in [5.74, 6) is 0.524. The van der Waals surface area contributed by atoms with E-state index in [4.69, 9.17) is 0 Å². The van der Waals surface area contributed by atoms with Gasteiger partial charge in [0.25, 0.3) is 0 Å². The maximum Gasteiger partial charge on any atom is 0.416 e. The fourth-order valence-corrected chi connectivity index (χ4v) is 2.60. The average molecular weight is 286 g/mol. The fraction of sp³-hybridized carbons (Fsp3) is 0.600. The Morgan fingerprint density at radius 1 is 1.35 bits per heavy atom. The molecule has 20 heavy (non-hydrogen) atoms. The van der Waals surface area contributed by atoms with Crippen molar-refractivity contribution in [1.29, 1.82) is 0 Å². The second-order valence-electron chi connectivity index (χ2n) is 5.35. The lowest BCUT2D eigenvalue weighted by atomic mass is 10.1. The molecule has 2 rings (SSSR count). The number of hydrogen-bond donors (Lipinski definition) is 1. The summed E-state index contributed by atoms with van der Waals surface area (Å²) in [7, 11) is 0. The van der Waals surface area contributed by atoms with Crippen molar-refractivity contribution in [2.75, 3.05) is 31.1 Å². The smallest absolute Gasteiger partial charge is 0.371 e. The highest BCUT2D eigenvalue weighted by molar-refractivity contribution is 5.50. The monoisotopic (exact) mass is 286 g/mol. The van der Waals surface area contributed by atoms with Crippen molar-refractivity contribution in [2.24, 2.45) is 5.92 Å². The van der Waals surface area contributed by atoms with Crippen LogP contribution < -0.4 is 10.2 Å². The van der Waals surface area contributed by atoms with Crippen molar-refractivity contribution in [1.82, 2.24) is 5.32 Å². The summed E-state index contributed by atoms with van der Waals surface area (Å²) < 4.78 is 38.1. The van der Waals surface area contributed by atoms with Crippen LogP contribution >= 0.6 is 0 Å². The van der Waals surface area contributed by atoms with Crippen LogP contribution in [0.1, 0.15) is 25.3 Å². The van der Waals surface area contributed by atoms with Gasteiger partial charge in [-0.1, -0.05) is 13.0 Å². The molecule has 112 valence electrons. The van der Waals surface area contributed by atoms with E-state index in [1.807, 2.05) is 4.90 Å². The predicted octanol–water partition coefficient (Wildman–Crippen LogP) is 3.53. The molecule has 1 saturated heterocycles. The van der Waals surface area contributed by atoms with E-state index < -0.39 is 11.7 Å². The minimum atomic E-state index is -4.27. The highest BCUT2D eigenvalue weighted by Crippen LogP contribution is 2.32. The number of nitrogens with zero attached hydrogens (tertiary/aromatic N) is 1. The van der Waals surface area contributed by atoms with Gasteiger partial charge >= 0.3 is 6.18 Å². The molecule has 1 fully saturated rings. The Kier molecular flexibility index (Phi) is 4.91. The van der Waals surface area contributed by atoms with Crippen LogP contribution in [0.3, 0.4) is 0 Å². The van der Waals surface area contributed by atoms with Gasteiger partial charge in [0.1, 0.15) is 0 Å². The van der Waals surface area contributed by atoms with Crippen LogP contribution in [0.5, 0.6) is 0 Å². The summed E-state index contributed by atoms with van der Waals surface area (Å²) in [5, 5.41) is 3.38. The number of benzene rings is 1. The topological polar surface area (TPSA) is 15.3 Å². The molecular formula is C15H21F3N2. The second-order valence-corrected chi connectivity index (χ2v) is 5.35. The van der Waals surface area contributed by atoms with Gasteiger partial charge in [-0.25, -0.2) is 0 Å². The standard InChI is InChI=1S/C15H21F3N2/c1-2-7-19-10-12-6-8-20(11-12)14-5-3-4-13(9-14)15(16,17)18/h3-5,9,12,19H,2,6-8,10-11H2,1H3. The first-order valence-corrected chi connectivity index (χ1v) is 7.13. The van der Waals surface area contributed by atoms with Gasteiger partial charge in [-0.2, -0.15) is 13.2 Å². The molecule has 1 aromatic rings. The molecule has 1 atom stereocenters.